The number of hydrogen-bond donors (Lipinski definition) is 0. The molecular formula is C19H20N4OS. The fourth-order valence-corrected chi connectivity index (χ4v) is 4.40. The third-order valence-corrected chi connectivity index (χ3v) is 5.59. The van der Waals surface area contributed by atoms with Gasteiger partial charge in [0.05, 0.1) is 34.8 Å². The van der Waals surface area contributed by atoms with Gasteiger partial charge < -0.3 is 4.74 Å². The van der Waals surface area contributed by atoms with Crippen molar-refractivity contribution >= 4 is 28.4 Å². The standard InChI is InChI=1S/C19H20N4OS/c1-14-12-18(25-11-8-22-6-9-24-10-7-22)23-17-5-3-2-4-16(17)21-19(23)15(14)13-20/h2-5,12H,6-11H2,1H3. The number of thioether (sulfide) groups is 1. The van der Waals surface area contributed by atoms with Gasteiger partial charge in [0.25, 0.3) is 0 Å². The van der Waals surface area contributed by atoms with Crippen LogP contribution in [0.5, 0.6) is 0 Å². The van der Waals surface area contributed by atoms with E-state index >= 15 is 0 Å². The lowest BCUT2D eigenvalue weighted by atomic mass is 10.2. The molecule has 0 bridgehead atoms. The van der Waals surface area contributed by atoms with Crippen LogP contribution in [0.4, 0.5) is 0 Å². The number of imidazole rings is 1. The van der Waals surface area contributed by atoms with Gasteiger partial charge in [0.1, 0.15) is 6.07 Å². The van der Waals surface area contributed by atoms with Gasteiger partial charge >= 0.3 is 0 Å². The van der Waals surface area contributed by atoms with E-state index in [0.717, 1.165) is 65.9 Å². The van der Waals surface area contributed by atoms with Crippen LogP contribution in [0, 0.1) is 18.3 Å². The largest absolute Gasteiger partial charge is 0.379 e. The van der Waals surface area contributed by atoms with Crippen LogP contribution in [0.15, 0.2) is 35.4 Å². The molecule has 0 N–H and O–H groups in total. The first-order chi connectivity index (χ1) is 12.3. The topological polar surface area (TPSA) is 53.6 Å². The van der Waals surface area contributed by atoms with E-state index in [1.807, 2.05) is 36.9 Å². The highest BCUT2D eigenvalue weighted by Crippen LogP contribution is 2.29. The lowest BCUT2D eigenvalue weighted by Crippen LogP contribution is -2.37. The Morgan fingerprint density at radius 2 is 2.08 bits per heavy atom. The molecule has 3 heterocycles. The highest BCUT2D eigenvalue weighted by molar-refractivity contribution is 7.99. The molecule has 0 unspecified atom stereocenters. The van der Waals surface area contributed by atoms with Crippen LogP contribution in [0.1, 0.15) is 11.1 Å². The molecule has 5 nitrogen and oxygen atoms in total. The van der Waals surface area contributed by atoms with Crippen molar-refractivity contribution in [1.29, 1.82) is 5.26 Å². The molecular weight excluding hydrogens is 332 g/mol. The molecule has 0 saturated carbocycles. The molecule has 128 valence electrons. The summed E-state index contributed by atoms with van der Waals surface area (Å²) in [6.45, 7) is 6.71. The number of aromatic nitrogens is 2. The lowest BCUT2D eigenvalue weighted by Gasteiger charge is -2.26. The maximum absolute atomic E-state index is 9.55. The van der Waals surface area contributed by atoms with Crippen molar-refractivity contribution in [3.05, 3.63) is 41.5 Å². The summed E-state index contributed by atoms with van der Waals surface area (Å²) >= 11 is 1.83. The first-order valence-corrected chi connectivity index (χ1v) is 9.50. The number of aryl methyl sites for hydroxylation is 1. The molecule has 0 spiro atoms. The Morgan fingerprint density at radius 1 is 1.28 bits per heavy atom. The number of benzene rings is 1. The van der Waals surface area contributed by atoms with E-state index in [2.05, 4.69) is 27.5 Å². The second kappa shape index (κ2) is 7.04. The number of para-hydroxylation sites is 2. The molecule has 0 atom stereocenters. The summed E-state index contributed by atoms with van der Waals surface area (Å²) in [5.41, 5.74) is 4.40. The van der Waals surface area contributed by atoms with E-state index in [0.29, 0.717) is 5.56 Å². The third-order valence-electron chi connectivity index (χ3n) is 4.61. The van der Waals surface area contributed by atoms with Crippen LogP contribution >= 0.6 is 11.8 Å². The minimum absolute atomic E-state index is 0.661. The van der Waals surface area contributed by atoms with Gasteiger partial charge in [0, 0.05) is 25.4 Å². The molecule has 1 aliphatic heterocycles. The van der Waals surface area contributed by atoms with E-state index in [1.165, 1.54) is 0 Å². The third kappa shape index (κ3) is 3.11. The molecule has 0 aliphatic carbocycles. The molecule has 25 heavy (non-hydrogen) atoms. The van der Waals surface area contributed by atoms with Crippen molar-refractivity contribution in [3.8, 4) is 6.07 Å². The fourth-order valence-electron chi connectivity index (χ4n) is 3.26. The predicted molar refractivity (Wildman–Crippen MR) is 100 cm³/mol. The molecule has 2 aromatic heterocycles. The number of nitrogens with zero attached hydrogens (tertiary/aromatic N) is 4. The Kier molecular flexibility index (Phi) is 4.62. The second-order valence-corrected chi connectivity index (χ2v) is 7.33. The van der Waals surface area contributed by atoms with Crippen LogP contribution in [-0.4, -0.2) is 52.9 Å². The number of hydrogen-bond acceptors (Lipinski definition) is 5. The molecule has 6 heteroatoms. The number of ether oxygens (including phenoxy) is 1. The minimum Gasteiger partial charge on any atom is -0.379 e. The molecule has 0 radical (unpaired) electrons. The van der Waals surface area contributed by atoms with Crippen molar-refractivity contribution < 1.29 is 4.74 Å². The first-order valence-electron chi connectivity index (χ1n) is 8.52. The normalized spacial score (nSPS) is 15.7. The van der Waals surface area contributed by atoms with E-state index in [4.69, 9.17) is 9.72 Å². The van der Waals surface area contributed by atoms with Gasteiger partial charge in [0.2, 0.25) is 0 Å². The van der Waals surface area contributed by atoms with Crippen molar-refractivity contribution in [1.82, 2.24) is 14.3 Å². The van der Waals surface area contributed by atoms with Gasteiger partial charge in [-0.05, 0) is 30.7 Å². The van der Waals surface area contributed by atoms with Gasteiger partial charge in [-0.3, -0.25) is 9.30 Å². The molecule has 1 saturated heterocycles. The van der Waals surface area contributed by atoms with E-state index in [1.54, 1.807) is 0 Å². The SMILES string of the molecule is Cc1cc(SCCN2CCOCC2)n2c(nc3ccccc32)c1C#N. The Morgan fingerprint density at radius 3 is 2.88 bits per heavy atom. The summed E-state index contributed by atoms with van der Waals surface area (Å²) in [5.74, 6) is 1.01. The monoisotopic (exact) mass is 352 g/mol. The molecule has 1 aliphatic rings. The number of morpholine rings is 1. The van der Waals surface area contributed by atoms with Gasteiger partial charge in [-0.1, -0.05) is 12.1 Å². The Hall–Kier alpha value is -2.07. The summed E-state index contributed by atoms with van der Waals surface area (Å²) in [7, 11) is 0. The summed E-state index contributed by atoms with van der Waals surface area (Å²) in [6, 6.07) is 12.5. The average Bonchev–Trinajstić information content (AvgIpc) is 3.02. The van der Waals surface area contributed by atoms with Crippen LogP contribution in [0.2, 0.25) is 0 Å². The summed E-state index contributed by atoms with van der Waals surface area (Å²) in [5, 5.41) is 10.7. The zero-order chi connectivity index (χ0) is 17.2. The maximum atomic E-state index is 9.55. The van der Waals surface area contributed by atoms with E-state index < -0.39 is 0 Å². The van der Waals surface area contributed by atoms with Crippen LogP contribution in [-0.2, 0) is 4.74 Å². The molecule has 4 rings (SSSR count). The summed E-state index contributed by atoms with van der Waals surface area (Å²) in [6.07, 6.45) is 0. The predicted octanol–water partition coefficient (Wildman–Crippen LogP) is 3.09. The number of rotatable bonds is 4. The zero-order valence-electron chi connectivity index (χ0n) is 14.2. The highest BCUT2D eigenvalue weighted by atomic mass is 32.2. The van der Waals surface area contributed by atoms with Gasteiger partial charge in [-0.25, -0.2) is 4.98 Å². The van der Waals surface area contributed by atoms with Crippen molar-refractivity contribution in [2.45, 2.75) is 11.9 Å². The van der Waals surface area contributed by atoms with Crippen molar-refractivity contribution in [3.63, 3.8) is 0 Å². The summed E-state index contributed by atoms with van der Waals surface area (Å²) in [4.78, 5) is 7.15. The zero-order valence-corrected chi connectivity index (χ0v) is 15.1. The number of fused-ring (bicyclic) bond motifs is 3. The first kappa shape index (κ1) is 16.4. The second-order valence-electron chi connectivity index (χ2n) is 6.21. The number of nitriles is 1. The van der Waals surface area contributed by atoms with Gasteiger partial charge in [-0.2, -0.15) is 5.26 Å². The Balaban J connectivity index is 1.69. The average molecular weight is 352 g/mol. The van der Waals surface area contributed by atoms with Gasteiger partial charge in [-0.15, -0.1) is 11.8 Å². The van der Waals surface area contributed by atoms with Gasteiger partial charge in [0.15, 0.2) is 5.65 Å². The Bertz CT molecular complexity index is 953. The molecule has 0 amide bonds. The quantitative estimate of drug-likeness (QED) is 0.676. The smallest absolute Gasteiger partial charge is 0.157 e. The van der Waals surface area contributed by atoms with Crippen molar-refractivity contribution in [2.24, 2.45) is 0 Å². The fraction of sp³-hybridized carbons (Fsp3) is 0.368. The Labute approximate surface area is 151 Å². The van der Waals surface area contributed by atoms with E-state index in [-0.39, 0.29) is 0 Å². The maximum Gasteiger partial charge on any atom is 0.157 e. The number of pyridine rings is 1. The molecule has 1 fully saturated rings. The van der Waals surface area contributed by atoms with Crippen LogP contribution in [0.3, 0.4) is 0 Å². The van der Waals surface area contributed by atoms with Crippen LogP contribution < -0.4 is 0 Å². The highest BCUT2D eigenvalue weighted by Gasteiger charge is 2.16. The lowest BCUT2D eigenvalue weighted by molar-refractivity contribution is 0.0410. The molecule has 3 aromatic rings. The summed E-state index contributed by atoms with van der Waals surface area (Å²) < 4.78 is 7.54. The molecule has 1 aromatic carbocycles. The van der Waals surface area contributed by atoms with Crippen molar-refractivity contribution in [2.75, 3.05) is 38.6 Å². The minimum atomic E-state index is 0.661. The van der Waals surface area contributed by atoms with E-state index in [9.17, 15) is 5.26 Å². The van der Waals surface area contributed by atoms with Crippen LogP contribution in [0.25, 0.3) is 16.7 Å².